The van der Waals surface area contributed by atoms with Gasteiger partial charge in [0.05, 0.1) is 0 Å². The molecule has 1 amide bonds. The lowest BCUT2D eigenvalue weighted by Gasteiger charge is -1.94. The van der Waals surface area contributed by atoms with Crippen molar-refractivity contribution in [3.8, 4) is 0 Å². The van der Waals surface area contributed by atoms with Gasteiger partial charge in [0.25, 0.3) is 5.91 Å². The van der Waals surface area contributed by atoms with Crippen LogP contribution in [0.25, 0.3) is 0 Å². The Morgan fingerprint density at radius 3 is 2.91 bits per heavy atom. The van der Waals surface area contributed by atoms with E-state index in [1.54, 1.807) is 0 Å². The molecular formula is C8H11N2O+. The molecule has 3 nitrogen and oxygen atoms in total. The molecule has 1 rings (SSSR count). The Hall–Kier alpha value is -1.38. The molecule has 58 valence electrons. The largest absolute Gasteiger partial charge is 0.364 e. The van der Waals surface area contributed by atoms with Crippen LogP contribution in [0.5, 0.6) is 0 Å². The minimum absolute atomic E-state index is 0.257. The summed E-state index contributed by atoms with van der Waals surface area (Å²) in [5, 5.41) is 0. The van der Waals surface area contributed by atoms with E-state index < -0.39 is 0 Å². The highest BCUT2D eigenvalue weighted by Crippen LogP contribution is 1.86. The average molecular weight is 151 g/mol. The molecule has 0 unspecified atom stereocenters. The smallest absolute Gasteiger partial charge is 0.283 e. The quantitative estimate of drug-likeness (QED) is 0.583. The maximum Gasteiger partial charge on any atom is 0.283 e. The number of amides is 1. The Balaban J connectivity index is 2.86. The van der Waals surface area contributed by atoms with Crippen LogP contribution in [-0.2, 0) is 11.3 Å². The van der Waals surface area contributed by atoms with Gasteiger partial charge in [0.1, 0.15) is 0 Å². The Kier molecular flexibility index (Phi) is 2.21. The molecule has 0 fully saturated rings. The number of carbonyl (C=O) groups excluding carboxylic acids is 1. The molecule has 0 bridgehead atoms. The van der Waals surface area contributed by atoms with Gasteiger partial charge >= 0.3 is 0 Å². The van der Waals surface area contributed by atoms with Gasteiger partial charge in [-0.25, -0.2) is 0 Å². The Morgan fingerprint density at radius 2 is 2.36 bits per heavy atom. The second kappa shape index (κ2) is 3.14. The van der Waals surface area contributed by atoms with Crippen molar-refractivity contribution in [1.82, 2.24) is 0 Å². The number of nitrogens with zero attached hydrogens (tertiary/aromatic N) is 1. The highest BCUT2D eigenvalue weighted by molar-refractivity contribution is 5.72. The average Bonchev–Trinajstić information content (AvgIpc) is 1.93. The van der Waals surface area contributed by atoms with E-state index in [1.807, 2.05) is 35.9 Å². The number of hydrogen-bond acceptors (Lipinski definition) is 1. The molecule has 0 aliphatic rings. The van der Waals surface area contributed by atoms with Gasteiger partial charge < -0.3 is 5.73 Å². The van der Waals surface area contributed by atoms with Gasteiger partial charge in [-0.05, 0) is 0 Å². The summed E-state index contributed by atoms with van der Waals surface area (Å²) in [4.78, 5) is 10.5. The van der Waals surface area contributed by atoms with Crippen LogP contribution < -0.4 is 10.3 Å². The fraction of sp³-hybridized carbons (Fsp3) is 0.250. The normalized spacial score (nSPS) is 9.55. The lowest BCUT2D eigenvalue weighted by Crippen LogP contribution is -2.42. The zero-order valence-corrected chi connectivity index (χ0v) is 6.45. The third-order valence-electron chi connectivity index (χ3n) is 1.49. The molecule has 2 N–H and O–H groups in total. The molecule has 0 saturated heterocycles. The molecule has 1 aromatic rings. The van der Waals surface area contributed by atoms with Crippen LogP contribution in [0.1, 0.15) is 5.69 Å². The molecule has 0 saturated carbocycles. The molecule has 0 aliphatic heterocycles. The number of rotatable bonds is 2. The first kappa shape index (κ1) is 7.72. The van der Waals surface area contributed by atoms with Gasteiger partial charge in [-0.1, -0.05) is 6.07 Å². The molecule has 0 radical (unpaired) electrons. The number of hydrogen-bond donors (Lipinski definition) is 1. The summed E-state index contributed by atoms with van der Waals surface area (Å²) in [6.45, 7) is 2.19. The zero-order valence-electron chi connectivity index (χ0n) is 6.45. The second-order valence-corrected chi connectivity index (χ2v) is 2.44. The number of carbonyl (C=O) groups is 1. The predicted octanol–water partition coefficient (Wildman–Crippen LogP) is -0.232. The van der Waals surface area contributed by atoms with E-state index in [2.05, 4.69) is 0 Å². The Labute approximate surface area is 65.5 Å². The van der Waals surface area contributed by atoms with Crippen LogP contribution in [0.4, 0.5) is 0 Å². The van der Waals surface area contributed by atoms with Crippen LogP contribution >= 0.6 is 0 Å². The van der Waals surface area contributed by atoms with Crippen molar-refractivity contribution >= 4 is 5.91 Å². The standard InChI is InChI=1S/C8H10N2O/c1-7-4-2-3-5-10(7)6-8(9)11/h2-5H,6H2,1H3,(H-,9,11)/p+1. The number of primary amides is 1. The van der Waals surface area contributed by atoms with Gasteiger partial charge in [0.2, 0.25) is 6.54 Å². The van der Waals surface area contributed by atoms with Crippen molar-refractivity contribution in [3.63, 3.8) is 0 Å². The SMILES string of the molecule is Cc1cccc[n+]1CC(N)=O. The Morgan fingerprint density at radius 1 is 1.64 bits per heavy atom. The van der Waals surface area contributed by atoms with Crippen LogP contribution in [0, 0.1) is 6.92 Å². The van der Waals surface area contributed by atoms with E-state index in [9.17, 15) is 4.79 Å². The lowest BCUT2D eigenvalue weighted by molar-refractivity contribution is -0.690. The first-order valence-electron chi connectivity index (χ1n) is 3.43. The van der Waals surface area contributed by atoms with Crippen LogP contribution in [0.2, 0.25) is 0 Å². The summed E-state index contributed by atoms with van der Waals surface area (Å²) in [6.07, 6.45) is 1.83. The fourth-order valence-corrected chi connectivity index (χ4v) is 0.907. The molecule has 0 atom stereocenters. The summed E-state index contributed by atoms with van der Waals surface area (Å²) in [6, 6.07) is 5.73. The van der Waals surface area contributed by atoms with Crippen molar-refractivity contribution in [2.24, 2.45) is 5.73 Å². The van der Waals surface area contributed by atoms with E-state index in [0.29, 0.717) is 0 Å². The third kappa shape index (κ3) is 2.04. The summed E-state index contributed by atoms with van der Waals surface area (Å²) in [5.41, 5.74) is 6.07. The van der Waals surface area contributed by atoms with Gasteiger partial charge in [-0.3, -0.25) is 4.79 Å². The highest BCUT2D eigenvalue weighted by Gasteiger charge is 2.06. The van der Waals surface area contributed by atoms with E-state index in [-0.39, 0.29) is 12.5 Å². The first-order chi connectivity index (χ1) is 5.20. The lowest BCUT2D eigenvalue weighted by atomic mass is 10.3. The van der Waals surface area contributed by atoms with E-state index >= 15 is 0 Å². The van der Waals surface area contributed by atoms with Gasteiger partial charge in [0, 0.05) is 19.1 Å². The molecule has 0 spiro atoms. The maximum absolute atomic E-state index is 10.5. The van der Waals surface area contributed by atoms with E-state index in [1.165, 1.54) is 0 Å². The van der Waals surface area contributed by atoms with Crippen molar-refractivity contribution in [1.29, 1.82) is 0 Å². The number of aryl methyl sites for hydroxylation is 1. The minimum Gasteiger partial charge on any atom is -0.364 e. The first-order valence-corrected chi connectivity index (χ1v) is 3.43. The summed E-state index contributed by atoms with van der Waals surface area (Å²) in [7, 11) is 0. The van der Waals surface area contributed by atoms with Gasteiger partial charge in [0.15, 0.2) is 11.9 Å². The van der Waals surface area contributed by atoms with E-state index in [0.717, 1.165) is 5.69 Å². The maximum atomic E-state index is 10.5. The zero-order chi connectivity index (χ0) is 8.27. The molecule has 1 aromatic heterocycles. The summed E-state index contributed by atoms with van der Waals surface area (Å²) < 4.78 is 1.81. The molecule has 11 heavy (non-hydrogen) atoms. The predicted molar refractivity (Wildman–Crippen MR) is 40.6 cm³/mol. The number of aromatic nitrogens is 1. The van der Waals surface area contributed by atoms with Crippen molar-refractivity contribution < 1.29 is 9.36 Å². The molecule has 1 heterocycles. The van der Waals surface area contributed by atoms with Crippen LogP contribution in [-0.4, -0.2) is 5.91 Å². The third-order valence-corrected chi connectivity index (χ3v) is 1.49. The molecule has 0 aromatic carbocycles. The van der Waals surface area contributed by atoms with Gasteiger partial charge in [-0.15, -0.1) is 0 Å². The van der Waals surface area contributed by atoms with Crippen molar-refractivity contribution in [2.45, 2.75) is 13.5 Å². The molecular weight excluding hydrogens is 140 g/mol. The monoisotopic (exact) mass is 151 g/mol. The summed E-state index contributed by atoms with van der Waals surface area (Å²) in [5.74, 6) is -0.315. The molecule has 3 heteroatoms. The van der Waals surface area contributed by atoms with Gasteiger partial charge in [-0.2, -0.15) is 4.57 Å². The summed E-state index contributed by atoms with van der Waals surface area (Å²) >= 11 is 0. The fourth-order valence-electron chi connectivity index (χ4n) is 0.907. The van der Waals surface area contributed by atoms with Crippen molar-refractivity contribution in [3.05, 3.63) is 30.1 Å². The van der Waals surface area contributed by atoms with Crippen LogP contribution in [0.15, 0.2) is 24.4 Å². The second-order valence-electron chi connectivity index (χ2n) is 2.44. The number of pyridine rings is 1. The topological polar surface area (TPSA) is 47.0 Å². The minimum atomic E-state index is -0.315. The van der Waals surface area contributed by atoms with Crippen LogP contribution in [0.3, 0.4) is 0 Å². The van der Waals surface area contributed by atoms with E-state index in [4.69, 9.17) is 5.73 Å². The highest BCUT2D eigenvalue weighted by atomic mass is 16.1. The van der Waals surface area contributed by atoms with Crippen molar-refractivity contribution in [2.75, 3.05) is 0 Å². The Bertz CT molecular complexity index is 271. The molecule has 0 aliphatic carbocycles. The number of nitrogens with two attached hydrogens (primary N) is 1.